The molecule has 20 heavy (non-hydrogen) atoms. The van der Waals surface area contributed by atoms with Gasteiger partial charge in [-0.15, -0.1) is 0 Å². The van der Waals surface area contributed by atoms with E-state index in [1.807, 2.05) is 0 Å². The number of methoxy groups -OCH3 is 1. The number of benzene rings is 1. The van der Waals surface area contributed by atoms with Gasteiger partial charge in [-0.05, 0) is 37.2 Å². The van der Waals surface area contributed by atoms with Crippen molar-refractivity contribution in [3.63, 3.8) is 0 Å². The van der Waals surface area contributed by atoms with Crippen LogP contribution in [-0.4, -0.2) is 30.3 Å². The molecule has 1 fully saturated rings. The van der Waals surface area contributed by atoms with Crippen LogP contribution in [0.5, 0.6) is 5.75 Å². The smallest absolute Gasteiger partial charge is 0.230 e. The first-order valence-electron chi connectivity index (χ1n) is 6.57. The van der Waals surface area contributed by atoms with E-state index in [2.05, 4.69) is 22.4 Å². The lowest BCUT2D eigenvalue weighted by atomic mass is 9.89. The summed E-state index contributed by atoms with van der Waals surface area (Å²) in [6.07, 6.45) is 0. The topological polar surface area (TPSA) is 60.2 Å². The first-order chi connectivity index (χ1) is 9.69. The van der Waals surface area contributed by atoms with Gasteiger partial charge >= 0.3 is 0 Å². The molecule has 1 aromatic carbocycles. The molecule has 0 saturated carbocycles. The van der Waals surface area contributed by atoms with Gasteiger partial charge in [0.1, 0.15) is 0 Å². The Bertz CT molecular complexity index is 610. The zero-order chi connectivity index (χ0) is 14.1. The maximum absolute atomic E-state index is 13.4. The van der Waals surface area contributed by atoms with Crippen LogP contribution in [0.3, 0.4) is 0 Å². The van der Waals surface area contributed by atoms with Gasteiger partial charge in [-0.2, -0.15) is 4.98 Å². The molecule has 3 rings (SSSR count). The number of hydrogen-bond acceptors (Lipinski definition) is 5. The number of nitrogens with zero attached hydrogens (tertiary/aromatic N) is 2. The highest BCUT2D eigenvalue weighted by Gasteiger charge is 2.28. The van der Waals surface area contributed by atoms with E-state index in [9.17, 15) is 4.39 Å². The van der Waals surface area contributed by atoms with Gasteiger partial charge in [0.2, 0.25) is 11.7 Å². The highest BCUT2D eigenvalue weighted by molar-refractivity contribution is 5.57. The summed E-state index contributed by atoms with van der Waals surface area (Å²) in [5.74, 6) is 1.59. The summed E-state index contributed by atoms with van der Waals surface area (Å²) in [5, 5.41) is 7.19. The van der Waals surface area contributed by atoms with Crippen LogP contribution in [0.25, 0.3) is 11.4 Å². The van der Waals surface area contributed by atoms with Crippen molar-refractivity contribution in [1.29, 1.82) is 0 Å². The monoisotopic (exact) mass is 277 g/mol. The largest absolute Gasteiger partial charge is 0.494 e. The van der Waals surface area contributed by atoms with Crippen molar-refractivity contribution in [2.45, 2.75) is 12.8 Å². The molecule has 2 heterocycles. The zero-order valence-corrected chi connectivity index (χ0v) is 11.4. The standard InChI is InChI=1S/C14H16FN3O2/c1-8(10-6-16-7-10)14-17-13(18-20-14)9-3-4-11(15)12(5-9)19-2/h3-5,8,10,16H,6-7H2,1-2H3. The van der Waals surface area contributed by atoms with Crippen LogP contribution in [0.2, 0.25) is 0 Å². The maximum atomic E-state index is 13.4. The maximum Gasteiger partial charge on any atom is 0.230 e. The molecule has 6 heteroatoms. The summed E-state index contributed by atoms with van der Waals surface area (Å²) in [4.78, 5) is 4.40. The fraction of sp³-hybridized carbons (Fsp3) is 0.429. The number of halogens is 1. The molecular formula is C14H16FN3O2. The van der Waals surface area contributed by atoms with Crippen LogP contribution in [0.4, 0.5) is 4.39 Å². The quantitative estimate of drug-likeness (QED) is 0.928. The first kappa shape index (κ1) is 13.1. The summed E-state index contributed by atoms with van der Waals surface area (Å²) in [5.41, 5.74) is 0.678. The Kier molecular flexibility index (Phi) is 3.40. The Hall–Kier alpha value is -1.95. The van der Waals surface area contributed by atoms with E-state index in [1.54, 1.807) is 12.1 Å². The molecule has 0 spiro atoms. The van der Waals surface area contributed by atoms with Crippen LogP contribution in [0.15, 0.2) is 22.7 Å². The van der Waals surface area contributed by atoms with Crippen molar-refractivity contribution in [1.82, 2.24) is 15.5 Å². The van der Waals surface area contributed by atoms with Gasteiger partial charge in [0.05, 0.1) is 7.11 Å². The van der Waals surface area contributed by atoms with E-state index in [1.165, 1.54) is 13.2 Å². The molecular weight excluding hydrogens is 261 g/mol. The summed E-state index contributed by atoms with van der Waals surface area (Å²) in [6.45, 7) is 4.03. The second kappa shape index (κ2) is 5.20. The lowest BCUT2D eigenvalue weighted by Gasteiger charge is -2.30. The SMILES string of the molecule is COc1cc(-c2noc(C(C)C3CNC3)n2)ccc1F. The zero-order valence-electron chi connectivity index (χ0n) is 11.4. The Morgan fingerprint density at radius 2 is 2.25 bits per heavy atom. The molecule has 2 aromatic rings. The van der Waals surface area contributed by atoms with E-state index >= 15 is 0 Å². The highest BCUT2D eigenvalue weighted by Crippen LogP contribution is 2.29. The average molecular weight is 277 g/mol. The molecule has 1 aliphatic heterocycles. The minimum Gasteiger partial charge on any atom is -0.494 e. The molecule has 0 amide bonds. The van der Waals surface area contributed by atoms with Gasteiger partial charge in [0, 0.05) is 11.5 Å². The van der Waals surface area contributed by atoms with E-state index < -0.39 is 5.82 Å². The number of rotatable bonds is 4. The minimum atomic E-state index is -0.408. The second-order valence-corrected chi connectivity index (χ2v) is 5.01. The van der Waals surface area contributed by atoms with E-state index in [-0.39, 0.29) is 11.7 Å². The van der Waals surface area contributed by atoms with E-state index in [0.29, 0.717) is 23.2 Å². The average Bonchev–Trinajstić information content (AvgIpc) is 2.87. The van der Waals surface area contributed by atoms with Crippen LogP contribution < -0.4 is 10.1 Å². The molecule has 1 unspecified atom stereocenters. The van der Waals surface area contributed by atoms with Crippen molar-refractivity contribution in [2.75, 3.05) is 20.2 Å². The fourth-order valence-electron chi connectivity index (χ4n) is 2.20. The van der Waals surface area contributed by atoms with Crippen LogP contribution in [-0.2, 0) is 0 Å². The molecule has 0 aliphatic carbocycles. The summed E-state index contributed by atoms with van der Waals surface area (Å²) in [7, 11) is 1.43. The Balaban J connectivity index is 1.85. The van der Waals surface area contributed by atoms with Crippen molar-refractivity contribution in [3.8, 4) is 17.1 Å². The predicted molar refractivity (Wildman–Crippen MR) is 71.0 cm³/mol. The van der Waals surface area contributed by atoms with Gasteiger partial charge in [0.25, 0.3) is 0 Å². The fourth-order valence-corrected chi connectivity index (χ4v) is 2.20. The van der Waals surface area contributed by atoms with Gasteiger partial charge in [-0.3, -0.25) is 0 Å². The minimum absolute atomic E-state index is 0.171. The normalized spacial score (nSPS) is 16.8. The summed E-state index contributed by atoms with van der Waals surface area (Å²) < 4.78 is 23.7. The van der Waals surface area contributed by atoms with Crippen molar-refractivity contribution in [2.24, 2.45) is 5.92 Å². The van der Waals surface area contributed by atoms with Gasteiger partial charge in [-0.1, -0.05) is 12.1 Å². The Labute approximate surface area is 116 Å². The molecule has 1 aliphatic rings. The van der Waals surface area contributed by atoms with Crippen LogP contribution >= 0.6 is 0 Å². The second-order valence-electron chi connectivity index (χ2n) is 5.01. The summed E-state index contributed by atoms with van der Waals surface area (Å²) >= 11 is 0. The third-order valence-electron chi connectivity index (χ3n) is 3.76. The molecule has 106 valence electrons. The molecule has 0 radical (unpaired) electrons. The first-order valence-corrected chi connectivity index (χ1v) is 6.57. The lowest BCUT2D eigenvalue weighted by Crippen LogP contribution is -2.44. The van der Waals surface area contributed by atoms with Crippen LogP contribution in [0.1, 0.15) is 18.7 Å². The molecule has 0 bridgehead atoms. The Morgan fingerprint density at radius 1 is 1.45 bits per heavy atom. The third-order valence-corrected chi connectivity index (χ3v) is 3.76. The number of nitrogens with one attached hydrogen (secondary N) is 1. The van der Waals surface area contributed by atoms with Gasteiger partial charge in [0.15, 0.2) is 11.6 Å². The third kappa shape index (κ3) is 2.27. The van der Waals surface area contributed by atoms with E-state index in [4.69, 9.17) is 9.26 Å². The molecule has 1 atom stereocenters. The Morgan fingerprint density at radius 3 is 2.90 bits per heavy atom. The van der Waals surface area contributed by atoms with Crippen molar-refractivity contribution in [3.05, 3.63) is 29.9 Å². The van der Waals surface area contributed by atoms with Gasteiger partial charge in [-0.25, -0.2) is 4.39 Å². The molecule has 1 aromatic heterocycles. The van der Waals surface area contributed by atoms with Crippen molar-refractivity contribution < 1.29 is 13.7 Å². The predicted octanol–water partition coefficient (Wildman–Crippen LogP) is 2.21. The van der Waals surface area contributed by atoms with Crippen molar-refractivity contribution >= 4 is 0 Å². The number of hydrogen-bond donors (Lipinski definition) is 1. The lowest BCUT2D eigenvalue weighted by molar-refractivity contribution is 0.252. The number of ether oxygens (including phenoxy) is 1. The molecule has 5 nitrogen and oxygen atoms in total. The van der Waals surface area contributed by atoms with Gasteiger partial charge < -0.3 is 14.6 Å². The number of aromatic nitrogens is 2. The highest BCUT2D eigenvalue weighted by atomic mass is 19.1. The molecule has 1 N–H and O–H groups in total. The summed E-state index contributed by atoms with van der Waals surface area (Å²) in [6, 6.07) is 4.52. The molecule has 1 saturated heterocycles. The van der Waals surface area contributed by atoms with E-state index in [0.717, 1.165) is 13.1 Å². The van der Waals surface area contributed by atoms with Crippen LogP contribution in [0, 0.1) is 11.7 Å².